The Morgan fingerprint density at radius 1 is 0.939 bits per heavy atom. The Balaban J connectivity index is 1.35. The van der Waals surface area contributed by atoms with E-state index in [1.165, 1.54) is 0 Å². The largest absolute Gasteiger partial charge is 0.463 e. The van der Waals surface area contributed by atoms with E-state index < -0.39 is 0 Å². The van der Waals surface area contributed by atoms with Crippen molar-refractivity contribution in [1.82, 2.24) is 14.7 Å². The van der Waals surface area contributed by atoms with Gasteiger partial charge in [0.1, 0.15) is 5.69 Å². The van der Waals surface area contributed by atoms with Gasteiger partial charge in [-0.2, -0.15) is 5.10 Å². The maximum absolute atomic E-state index is 13.3. The van der Waals surface area contributed by atoms with Crippen molar-refractivity contribution in [3.63, 3.8) is 0 Å². The number of piperidine rings is 1. The molecule has 166 valence electrons. The fraction of sp³-hybridized carbons (Fsp3) is 0.192. The molecule has 2 aromatic heterocycles. The summed E-state index contributed by atoms with van der Waals surface area (Å²) in [5.41, 5.74) is 2.52. The van der Waals surface area contributed by atoms with E-state index in [4.69, 9.17) is 16.0 Å². The molecule has 33 heavy (non-hydrogen) atoms. The molecule has 1 aliphatic heterocycles. The second-order valence-corrected chi connectivity index (χ2v) is 8.51. The van der Waals surface area contributed by atoms with Crippen molar-refractivity contribution in [2.45, 2.75) is 12.8 Å². The number of aromatic nitrogens is 2. The Morgan fingerprint density at radius 3 is 2.33 bits per heavy atom. The Morgan fingerprint density at radius 2 is 1.67 bits per heavy atom. The van der Waals surface area contributed by atoms with Crippen LogP contribution < -0.4 is 0 Å². The fourth-order valence-electron chi connectivity index (χ4n) is 4.21. The van der Waals surface area contributed by atoms with E-state index in [0.717, 1.165) is 11.3 Å². The molecule has 1 aliphatic rings. The number of hydrogen-bond acceptors (Lipinski definition) is 4. The SMILES string of the molecule is O=C(c1ccccc1)C1CCN(C(=O)c2cc(-c3ccco3)n(-c3ccc(Cl)cc3)n2)CC1. The second-order valence-electron chi connectivity index (χ2n) is 8.08. The van der Waals surface area contributed by atoms with Gasteiger partial charge in [-0.3, -0.25) is 9.59 Å². The van der Waals surface area contributed by atoms with Gasteiger partial charge in [0.25, 0.3) is 5.91 Å². The number of halogens is 1. The van der Waals surface area contributed by atoms with Crippen molar-refractivity contribution in [2.75, 3.05) is 13.1 Å². The zero-order valence-corrected chi connectivity index (χ0v) is 18.6. The third-order valence-electron chi connectivity index (χ3n) is 5.98. The highest BCUT2D eigenvalue weighted by Gasteiger charge is 2.30. The van der Waals surface area contributed by atoms with Crippen molar-refractivity contribution < 1.29 is 14.0 Å². The molecule has 1 amide bonds. The van der Waals surface area contributed by atoms with Crippen LogP contribution in [0.2, 0.25) is 5.02 Å². The number of rotatable bonds is 5. The number of furan rings is 1. The van der Waals surface area contributed by atoms with Crippen LogP contribution in [0.25, 0.3) is 17.1 Å². The maximum atomic E-state index is 13.3. The van der Waals surface area contributed by atoms with Crippen molar-refractivity contribution >= 4 is 23.3 Å². The van der Waals surface area contributed by atoms with Crippen LogP contribution in [-0.2, 0) is 0 Å². The summed E-state index contributed by atoms with van der Waals surface area (Å²) in [5, 5.41) is 5.22. The van der Waals surface area contributed by atoms with Crippen molar-refractivity contribution in [3.05, 3.63) is 95.3 Å². The molecule has 0 bridgehead atoms. The first-order chi connectivity index (χ1) is 16.1. The van der Waals surface area contributed by atoms with Gasteiger partial charge in [-0.25, -0.2) is 4.68 Å². The third-order valence-corrected chi connectivity index (χ3v) is 6.24. The molecule has 0 spiro atoms. The summed E-state index contributed by atoms with van der Waals surface area (Å²) in [5.74, 6) is 0.543. The van der Waals surface area contributed by atoms with E-state index in [1.807, 2.05) is 48.5 Å². The number of hydrogen-bond donors (Lipinski definition) is 0. The molecule has 7 heteroatoms. The van der Waals surface area contributed by atoms with Crippen LogP contribution in [0.15, 0.2) is 83.5 Å². The quantitative estimate of drug-likeness (QED) is 0.368. The molecule has 4 aromatic rings. The Labute approximate surface area is 196 Å². The number of amides is 1. The lowest BCUT2D eigenvalue weighted by Gasteiger charge is -2.30. The smallest absolute Gasteiger partial charge is 0.274 e. The minimum atomic E-state index is -0.152. The monoisotopic (exact) mass is 459 g/mol. The molecule has 1 fully saturated rings. The Bertz CT molecular complexity index is 1260. The van der Waals surface area contributed by atoms with E-state index >= 15 is 0 Å². The molecule has 0 N–H and O–H groups in total. The molecular weight excluding hydrogens is 438 g/mol. The predicted molar refractivity (Wildman–Crippen MR) is 126 cm³/mol. The molecule has 3 heterocycles. The minimum Gasteiger partial charge on any atom is -0.463 e. The lowest BCUT2D eigenvalue weighted by atomic mass is 9.89. The molecule has 6 nitrogen and oxygen atoms in total. The summed E-state index contributed by atoms with van der Waals surface area (Å²) < 4.78 is 7.27. The van der Waals surface area contributed by atoms with E-state index in [-0.39, 0.29) is 17.6 Å². The number of ketones is 1. The number of likely N-dealkylation sites (tertiary alicyclic amines) is 1. The summed E-state index contributed by atoms with van der Waals surface area (Å²) in [6.07, 6.45) is 2.87. The van der Waals surface area contributed by atoms with Gasteiger partial charge in [-0.15, -0.1) is 0 Å². The van der Waals surface area contributed by atoms with Crippen molar-refractivity contribution in [1.29, 1.82) is 0 Å². The average Bonchev–Trinajstić information content (AvgIpc) is 3.55. The molecule has 0 aliphatic carbocycles. The number of carbonyl (C=O) groups excluding carboxylic acids is 2. The van der Waals surface area contributed by atoms with Crippen LogP contribution in [0.3, 0.4) is 0 Å². The second kappa shape index (κ2) is 9.08. The van der Waals surface area contributed by atoms with Crippen LogP contribution in [0.4, 0.5) is 0 Å². The number of benzene rings is 2. The first-order valence-corrected chi connectivity index (χ1v) is 11.3. The van der Waals surface area contributed by atoms with E-state index in [1.54, 1.807) is 40.1 Å². The summed E-state index contributed by atoms with van der Waals surface area (Å²) in [6.45, 7) is 1.04. The molecule has 5 rings (SSSR count). The van der Waals surface area contributed by atoms with Crippen molar-refractivity contribution in [2.24, 2.45) is 5.92 Å². The van der Waals surface area contributed by atoms with Gasteiger partial charge in [-0.05, 0) is 49.2 Å². The van der Waals surface area contributed by atoms with Crippen LogP contribution in [0, 0.1) is 5.92 Å². The van der Waals surface area contributed by atoms with E-state index in [0.29, 0.717) is 48.1 Å². The van der Waals surface area contributed by atoms with Gasteiger partial charge in [0.05, 0.1) is 12.0 Å². The average molecular weight is 460 g/mol. The van der Waals surface area contributed by atoms with Crippen LogP contribution in [0.5, 0.6) is 0 Å². The normalized spacial score (nSPS) is 14.4. The highest BCUT2D eigenvalue weighted by atomic mass is 35.5. The Hall–Kier alpha value is -3.64. The first kappa shape index (κ1) is 21.2. The van der Waals surface area contributed by atoms with Crippen LogP contribution in [-0.4, -0.2) is 39.5 Å². The van der Waals surface area contributed by atoms with Gasteiger partial charge in [0.2, 0.25) is 0 Å². The Kier molecular flexibility index (Phi) is 5.84. The molecule has 0 radical (unpaired) electrons. The summed E-state index contributed by atoms with van der Waals surface area (Å²) in [7, 11) is 0. The van der Waals surface area contributed by atoms with Gasteiger partial charge in [-0.1, -0.05) is 41.9 Å². The molecule has 0 unspecified atom stereocenters. The highest BCUT2D eigenvalue weighted by molar-refractivity contribution is 6.30. The minimum absolute atomic E-state index is 0.0678. The van der Waals surface area contributed by atoms with Gasteiger partial charge < -0.3 is 9.32 Å². The molecule has 0 atom stereocenters. The third kappa shape index (κ3) is 4.34. The molecular formula is C26H22ClN3O3. The lowest BCUT2D eigenvalue weighted by molar-refractivity contribution is 0.0645. The standard InChI is InChI=1S/C26H22ClN3O3/c27-20-8-10-21(11-9-20)30-23(24-7-4-16-33-24)17-22(28-30)26(32)29-14-12-19(13-15-29)25(31)18-5-2-1-3-6-18/h1-11,16-17,19H,12-15H2. The summed E-state index contributed by atoms with van der Waals surface area (Å²) >= 11 is 6.04. The fourth-order valence-corrected chi connectivity index (χ4v) is 4.34. The lowest BCUT2D eigenvalue weighted by Crippen LogP contribution is -2.40. The summed E-state index contributed by atoms with van der Waals surface area (Å²) in [6, 6.07) is 22.0. The van der Waals surface area contributed by atoms with Crippen molar-refractivity contribution in [3.8, 4) is 17.1 Å². The van der Waals surface area contributed by atoms with E-state index in [9.17, 15) is 9.59 Å². The molecule has 2 aromatic carbocycles. The van der Waals surface area contributed by atoms with Crippen LogP contribution in [0.1, 0.15) is 33.7 Å². The molecule has 1 saturated heterocycles. The summed E-state index contributed by atoms with van der Waals surface area (Å²) in [4.78, 5) is 27.8. The number of nitrogens with zero attached hydrogens (tertiary/aromatic N) is 3. The zero-order valence-electron chi connectivity index (χ0n) is 17.9. The zero-order chi connectivity index (χ0) is 22.8. The van der Waals surface area contributed by atoms with Gasteiger partial charge >= 0.3 is 0 Å². The number of carbonyl (C=O) groups is 2. The highest BCUT2D eigenvalue weighted by Crippen LogP contribution is 2.27. The topological polar surface area (TPSA) is 68.3 Å². The van der Waals surface area contributed by atoms with E-state index in [2.05, 4.69) is 5.10 Å². The van der Waals surface area contributed by atoms with Gasteiger partial charge in [0.15, 0.2) is 17.2 Å². The number of Topliss-reactive ketones (excluding diaryl/α,β-unsaturated/α-hetero) is 1. The first-order valence-electron chi connectivity index (χ1n) is 10.9. The molecule has 0 saturated carbocycles. The maximum Gasteiger partial charge on any atom is 0.274 e. The van der Waals surface area contributed by atoms with Crippen LogP contribution >= 0.6 is 11.6 Å². The van der Waals surface area contributed by atoms with Gasteiger partial charge in [0, 0.05) is 35.7 Å². The predicted octanol–water partition coefficient (Wildman–Crippen LogP) is 5.52.